The number of aryl methyl sites for hydroxylation is 1. The van der Waals surface area contributed by atoms with Crippen LogP contribution in [-0.2, 0) is 11.2 Å². The zero-order valence-electron chi connectivity index (χ0n) is 8.62. The van der Waals surface area contributed by atoms with Crippen LogP contribution < -0.4 is 0 Å². The fourth-order valence-electron chi connectivity index (χ4n) is 1.37. The summed E-state index contributed by atoms with van der Waals surface area (Å²) in [7, 11) is 0. The summed E-state index contributed by atoms with van der Waals surface area (Å²) in [6, 6.07) is 5.78. The highest BCUT2D eigenvalue weighted by atomic mass is 79.9. The van der Waals surface area contributed by atoms with Gasteiger partial charge in [0.1, 0.15) is 0 Å². The minimum atomic E-state index is -0.939. The molecule has 0 spiro atoms. The van der Waals surface area contributed by atoms with Crippen molar-refractivity contribution >= 4 is 39.6 Å². The van der Waals surface area contributed by atoms with E-state index >= 15 is 0 Å². The van der Waals surface area contributed by atoms with E-state index in [1.54, 1.807) is 6.08 Å². The predicted molar refractivity (Wildman–Crippen MR) is 69.9 cm³/mol. The number of carbonyl (C=O) groups is 1. The van der Waals surface area contributed by atoms with Gasteiger partial charge in [0.2, 0.25) is 0 Å². The van der Waals surface area contributed by atoms with Gasteiger partial charge in [-0.05, 0) is 42.2 Å². The molecule has 0 aliphatic carbocycles. The molecule has 2 nitrogen and oxygen atoms in total. The Bertz CT molecular complexity index is 402. The molecule has 0 amide bonds. The molecule has 0 saturated carbocycles. The van der Waals surface area contributed by atoms with Gasteiger partial charge >= 0.3 is 5.97 Å². The number of benzene rings is 1. The molecule has 0 aromatic heterocycles. The van der Waals surface area contributed by atoms with E-state index in [0.717, 1.165) is 34.5 Å². The molecule has 0 aliphatic rings. The van der Waals surface area contributed by atoms with Crippen LogP contribution in [0.4, 0.5) is 0 Å². The number of alkyl halides is 1. The first-order valence-electron chi connectivity index (χ1n) is 4.89. The highest BCUT2D eigenvalue weighted by Crippen LogP contribution is 2.19. The second-order valence-corrected chi connectivity index (χ2v) is 4.60. The smallest absolute Gasteiger partial charge is 0.328 e. The third-order valence-corrected chi connectivity index (χ3v) is 2.85. The van der Waals surface area contributed by atoms with E-state index in [2.05, 4.69) is 15.9 Å². The summed E-state index contributed by atoms with van der Waals surface area (Å²) < 4.78 is 0.990. The lowest BCUT2D eigenvalue weighted by Gasteiger charge is -2.05. The predicted octanol–water partition coefficient (Wildman–Crippen LogP) is 3.72. The molecule has 0 unspecified atom stereocenters. The van der Waals surface area contributed by atoms with Gasteiger partial charge in [0, 0.05) is 16.4 Å². The van der Waals surface area contributed by atoms with Crippen molar-refractivity contribution in [1.82, 2.24) is 0 Å². The number of carboxylic acids is 1. The summed E-state index contributed by atoms with van der Waals surface area (Å²) in [5.74, 6) is -0.333. The van der Waals surface area contributed by atoms with Gasteiger partial charge in [0.15, 0.2) is 0 Å². The molecule has 16 heavy (non-hydrogen) atoms. The van der Waals surface area contributed by atoms with E-state index in [1.807, 2.05) is 18.2 Å². The molecule has 86 valence electrons. The SMILES string of the molecule is O=C(O)/C=C/c1ccc(Br)cc1CCCCl. The van der Waals surface area contributed by atoms with Crippen LogP contribution in [0.3, 0.4) is 0 Å². The van der Waals surface area contributed by atoms with Crippen LogP contribution in [0, 0.1) is 0 Å². The number of rotatable bonds is 5. The lowest BCUT2D eigenvalue weighted by molar-refractivity contribution is -0.131. The second-order valence-electron chi connectivity index (χ2n) is 3.31. The number of halogens is 2. The molecule has 4 heteroatoms. The summed E-state index contributed by atoms with van der Waals surface area (Å²) in [4.78, 5) is 10.4. The van der Waals surface area contributed by atoms with Crippen LogP contribution in [0.15, 0.2) is 28.7 Å². The summed E-state index contributed by atoms with van der Waals surface area (Å²) >= 11 is 9.04. The van der Waals surface area contributed by atoms with Gasteiger partial charge in [-0.2, -0.15) is 0 Å². The number of carboxylic acid groups (broad SMARTS) is 1. The number of aliphatic carboxylic acids is 1. The fourth-order valence-corrected chi connectivity index (χ4v) is 1.91. The molecular formula is C12H12BrClO2. The van der Waals surface area contributed by atoms with E-state index in [-0.39, 0.29) is 0 Å². The lowest BCUT2D eigenvalue weighted by Crippen LogP contribution is -1.92. The molecule has 0 aliphatic heterocycles. The van der Waals surface area contributed by atoms with Gasteiger partial charge in [0.25, 0.3) is 0 Å². The maximum Gasteiger partial charge on any atom is 0.328 e. The zero-order valence-corrected chi connectivity index (χ0v) is 11.0. The summed E-state index contributed by atoms with van der Waals surface area (Å²) in [5, 5.41) is 8.58. The number of hydrogen-bond acceptors (Lipinski definition) is 1. The average Bonchev–Trinajstić information content (AvgIpc) is 2.24. The van der Waals surface area contributed by atoms with Crippen molar-refractivity contribution in [1.29, 1.82) is 0 Å². The maximum absolute atomic E-state index is 10.4. The third kappa shape index (κ3) is 4.37. The van der Waals surface area contributed by atoms with E-state index in [1.165, 1.54) is 0 Å². The Labute approximate surface area is 108 Å². The Hall–Kier alpha value is -0.800. The van der Waals surface area contributed by atoms with Crippen LogP contribution in [-0.4, -0.2) is 17.0 Å². The Kier molecular flexibility index (Phi) is 5.56. The Morgan fingerprint density at radius 2 is 2.25 bits per heavy atom. The van der Waals surface area contributed by atoms with Crippen molar-refractivity contribution in [3.63, 3.8) is 0 Å². The molecule has 1 N–H and O–H groups in total. The molecule has 0 heterocycles. The van der Waals surface area contributed by atoms with Crippen LogP contribution in [0.25, 0.3) is 6.08 Å². The Morgan fingerprint density at radius 3 is 2.88 bits per heavy atom. The van der Waals surface area contributed by atoms with Gasteiger partial charge in [-0.15, -0.1) is 11.6 Å². The molecule has 1 rings (SSSR count). The third-order valence-electron chi connectivity index (χ3n) is 2.09. The minimum Gasteiger partial charge on any atom is -0.478 e. The molecule has 0 fully saturated rings. The van der Waals surface area contributed by atoms with Gasteiger partial charge in [0.05, 0.1) is 0 Å². The normalized spacial score (nSPS) is 10.9. The van der Waals surface area contributed by atoms with Crippen LogP contribution in [0.5, 0.6) is 0 Å². The van der Waals surface area contributed by atoms with E-state index in [4.69, 9.17) is 16.7 Å². The maximum atomic E-state index is 10.4. The summed E-state index contributed by atoms with van der Waals surface area (Å²) in [5.41, 5.74) is 2.03. The first-order valence-corrected chi connectivity index (χ1v) is 6.21. The Morgan fingerprint density at radius 1 is 1.50 bits per heavy atom. The monoisotopic (exact) mass is 302 g/mol. The first kappa shape index (κ1) is 13.3. The van der Waals surface area contributed by atoms with Crippen molar-refractivity contribution in [2.75, 3.05) is 5.88 Å². The van der Waals surface area contributed by atoms with Gasteiger partial charge < -0.3 is 5.11 Å². The quantitative estimate of drug-likeness (QED) is 0.665. The largest absolute Gasteiger partial charge is 0.478 e. The first-order chi connectivity index (χ1) is 7.63. The van der Waals surface area contributed by atoms with Gasteiger partial charge in [-0.1, -0.05) is 22.0 Å². The topological polar surface area (TPSA) is 37.3 Å². The van der Waals surface area contributed by atoms with Crippen molar-refractivity contribution in [3.8, 4) is 0 Å². The molecule has 1 aromatic rings. The van der Waals surface area contributed by atoms with Crippen molar-refractivity contribution < 1.29 is 9.90 Å². The molecular weight excluding hydrogens is 291 g/mol. The van der Waals surface area contributed by atoms with Crippen LogP contribution in [0.2, 0.25) is 0 Å². The standard InChI is InChI=1S/C12H12BrClO2/c13-11-5-3-9(4-6-12(15)16)10(8-11)2-1-7-14/h3-6,8H,1-2,7H2,(H,15,16)/b6-4+. The van der Waals surface area contributed by atoms with Crippen molar-refractivity contribution in [3.05, 3.63) is 39.9 Å². The molecule has 0 radical (unpaired) electrons. The van der Waals surface area contributed by atoms with Crippen LogP contribution in [0.1, 0.15) is 17.5 Å². The zero-order chi connectivity index (χ0) is 12.0. The van der Waals surface area contributed by atoms with Gasteiger partial charge in [-0.3, -0.25) is 0 Å². The minimum absolute atomic E-state index is 0.606. The number of hydrogen-bond donors (Lipinski definition) is 1. The van der Waals surface area contributed by atoms with E-state index < -0.39 is 5.97 Å². The average molecular weight is 304 g/mol. The fraction of sp³-hybridized carbons (Fsp3) is 0.250. The van der Waals surface area contributed by atoms with E-state index in [9.17, 15) is 4.79 Å². The highest BCUT2D eigenvalue weighted by Gasteiger charge is 2.01. The lowest BCUT2D eigenvalue weighted by atomic mass is 10.0. The summed E-state index contributed by atoms with van der Waals surface area (Å²) in [6.45, 7) is 0. The second kappa shape index (κ2) is 6.71. The highest BCUT2D eigenvalue weighted by molar-refractivity contribution is 9.10. The van der Waals surface area contributed by atoms with E-state index in [0.29, 0.717) is 5.88 Å². The Balaban J connectivity index is 2.92. The van der Waals surface area contributed by atoms with Crippen molar-refractivity contribution in [2.45, 2.75) is 12.8 Å². The molecule has 1 aromatic carbocycles. The summed E-state index contributed by atoms with van der Waals surface area (Å²) in [6.07, 6.45) is 4.49. The van der Waals surface area contributed by atoms with Crippen molar-refractivity contribution in [2.24, 2.45) is 0 Å². The van der Waals surface area contributed by atoms with Crippen LogP contribution >= 0.6 is 27.5 Å². The molecule has 0 atom stereocenters. The van der Waals surface area contributed by atoms with Gasteiger partial charge in [-0.25, -0.2) is 4.79 Å². The molecule has 0 bridgehead atoms. The molecule has 0 saturated heterocycles.